The summed E-state index contributed by atoms with van der Waals surface area (Å²) in [5, 5.41) is 8.79. The summed E-state index contributed by atoms with van der Waals surface area (Å²) in [5.41, 5.74) is 3.80. The maximum Gasteiger partial charge on any atom is 0.239 e. The fourth-order valence-electron chi connectivity index (χ4n) is 5.13. The van der Waals surface area contributed by atoms with E-state index in [0.717, 1.165) is 16.7 Å². The molecule has 0 heterocycles. The van der Waals surface area contributed by atoms with Gasteiger partial charge in [0, 0.05) is 24.6 Å². The number of amides is 2. The van der Waals surface area contributed by atoms with Gasteiger partial charge in [0.15, 0.2) is 11.5 Å². The number of anilines is 1. The molecule has 3 aromatic rings. The van der Waals surface area contributed by atoms with Crippen LogP contribution < -0.4 is 40.3 Å². The average molecular weight is 562 g/mol. The molecule has 0 bridgehead atoms. The van der Waals surface area contributed by atoms with Crippen molar-refractivity contribution in [2.45, 2.75) is 32.4 Å². The Morgan fingerprint density at radius 2 is 1.63 bits per heavy atom. The summed E-state index contributed by atoms with van der Waals surface area (Å²) < 4.78 is 22.3. The first kappa shape index (κ1) is 29.3. The number of carbonyl (C=O) groups excluding carboxylic acids is 2. The normalized spacial score (nSPS) is 13.5. The van der Waals surface area contributed by atoms with Crippen molar-refractivity contribution in [1.82, 2.24) is 10.6 Å². The van der Waals surface area contributed by atoms with E-state index in [-0.39, 0.29) is 36.0 Å². The van der Waals surface area contributed by atoms with Crippen LogP contribution in [0.3, 0.4) is 0 Å². The lowest BCUT2D eigenvalue weighted by Crippen LogP contribution is -2.30. The van der Waals surface area contributed by atoms with Gasteiger partial charge in [-0.3, -0.25) is 14.4 Å². The van der Waals surface area contributed by atoms with E-state index in [2.05, 4.69) is 16.0 Å². The molecule has 3 aromatic carbocycles. The fraction of sp³-hybridized carbons (Fsp3) is 0.323. The summed E-state index contributed by atoms with van der Waals surface area (Å²) >= 11 is 0. The monoisotopic (exact) mass is 561 g/mol. The molecular weight excluding hydrogens is 526 g/mol. The van der Waals surface area contributed by atoms with Crippen LogP contribution in [-0.2, 0) is 22.6 Å². The van der Waals surface area contributed by atoms with Gasteiger partial charge in [0.1, 0.15) is 5.75 Å². The maximum absolute atomic E-state index is 13.4. The van der Waals surface area contributed by atoms with Crippen LogP contribution in [-0.4, -0.2) is 46.8 Å². The highest BCUT2D eigenvalue weighted by Crippen LogP contribution is 2.50. The van der Waals surface area contributed by atoms with Crippen LogP contribution in [0.4, 0.5) is 5.69 Å². The van der Waals surface area contributed by atoms with Crippen LogP contribution in [0.25, 0.3) is 11.1 Å². The number of nitrogens with one attached hydrogen (secondary N) is 3. The maximum atomic E-state index is 13.4. The predicted octanol–water partition coefficient (Wildman–Crippen LogP) is 3.60. The first-order valence-electron chi connectivity index (χ1n) is 13.2. The van der Waals surface area contributed by atoms with E-state index in [1.165, 1.54) is 20.1 Å². The lowest BCUT2D eigenvalue weighted by molar-refractivity contribution is -0.120. The molecule has 0 spiro atoms. The summed E-state index contributed by atoms with van der Waals surface area (Å²) in [6.07, 6.45) is 1.15. The van der Waals surface area contributed by atoms with Crippen LogP contribution in [0.15, 0.2) is 53.3 Å². The minimum atomic E-state index is -0.423. The number of benzene rings is 2. The Bertz CT molecular complexity index is 1510. The van der Waals surface area contributed by atoms with Crippen molar-refractivity contribution in [3.63, 3.8) is 0 Å². The van der Waals surface area contributed by atoms with Crippen molar-refractivity contribution in [2.75, 3.05) is 40.3 Å². The van der Waals surface area contributed by atoms with E-state index in [9.17, 15) is 14.4 Å². The van der Waals surface area contributed by atoms with Gasteiger partial charge < -0.3 is 34.9 Å². The zero-order valence-corrected chi connectivity index (χ0v) is 23.9. The van der Waals surface area contributed by atoms with Crippen molar-refractivity contribution < 1.29 is 28.5 Å². The fourth-order valence-corrected chi connectivity index (χ4v) is 5.13. The molecule has 1 unspecified atom stereocenters. The molecule has 3 N–H and O–H groups in total. The number of fused-ring (bicyclic) bond motifs is 3. The van der Waals surface area contributed by atoms with Crippen LogP contribution in [0, 0.1) is 0 Å². The standard InChI is InChI=1S/C31H35N3O7/c1-18(35)34-23-12-10-19-14-27(39-3)30(40-4)31(41-5)29(19)21-11-13-24(25(36)15-22(21)23)32-17-28(37)33-16-20-8-6-7-9-26(20)38-2/h6-9,11,13-15,23H,10,12,16-17H2,1-5H3,(H,32,36)(H,33,37)(H,34,35). The number of rotatable bonds is 10. The van der Waals surface area contributed by atoms with Gasteiger partial charge in [-0.05, 0) is 53.8 Å². The first-order chi connectivity index (χ1) is 19.8. The van der Waals surface area contributed by atoms with E-state index in [4.69, 9.17) is 18.9 Å². The highest BCUT2D eigenvalue weighted by molar-refractivity contribution is 5.84. The van der Waals surface area contributed by atoms with Crippen LogP contribution in [0.5, 0.6) is 23.0 Å². The Labute approximate surface area is 239 Å². The summed E-state index contributed by atoms with van der Waals surface area (Å²) in [6, 6.07) is 13.9. The average Bonchev–Trinajstić information content (AvgIpc) is 3.22. The third-order valence-corrected chi connectivity index (χ3v) is 7.02. The first-order valence-corrected chi connectivity index (χ1v) is 13.2. The van der Waals surface area contributed by atoms with Gasteiger partial charge in [-0.15, -0.1) is 0 Å². The lowest BCUT2D eigenvalue weighted by Gasteiger charge is -2.19. The summed E-state index contributed by atoms with van der Waals surface area (Å²) in [4.78, 5) is 38.2. The smallest absolute Gasteiger partial charge is 0.239 e. The topological polar surface area (TPSA) is 124 Å². The highest BCUT2D eigenvalue weighted by atomic mass is 16.5. The molecule has 0 aliphatic heterocycles. The number of methoxy groups -OCH3 is 4. The van der Waals surface area contributed by atoms with Gasteiger partial charge in [0.25, 0.3) is 0 Å². The third-order valence-electron chi connectivity index (χ3n) is 7.02. The molecule has 1 aliphatic carbocycles. The van der Waals surface area contributed by atoms with E-state index < -0.39 is 6.04 Å². The molecular formula is C31H35N3O7. The molecule has 0 fully saturated rings. The quantitative estimate of drug-likeness (QED) is 0.343. The molecule has 0 saturated carbocycles. The van der Waals surface area contributed by atoms with E-state index in [1.807, 2.05) is 30.3 Å². The Hall–Kier alpha value is -4.73. The summed E-state index contributed by atoms with van der Waals surface area (Å²) in [7, 11) is 6.22. The highest BCUT2D eigenvalue weighted by Gasteiger charge is 2.29. The Morgan fingerprint density at radius 1 is 0.902 bits per heavy atom. The van der Waals surface area contributed by atoms with Crippen molar-refractivity contribution >= 4 is 17.5 Å². The number of hydrogen-bond donors (Lipinski definition) is 3. The van der Waals surface area contributed by atoms with E-state index in [1.54, 1.807) is 33.5 Å². The summed E-state index contributed by atoms with van der Waals surface area (Å²) in [5.74, 6) is 1.60. The zero-order chi connectivity index (χ0) is 29.5. The molecule has 10 nitrogen and oxygen atoms in total. The Balaban J connectivity index is 1.70. The largest absolute Gasteiger partial charge is 0.496 e. The van der Waals surface area contributed by atoms with E-state index in [0.29, 0.717) is 47.0 Å². The minimum Gasteiger partial charge on any atom is -0.496 e. The molecule has 0 aromatic heterocycles. The second-order valence-corrected chi connectivity index (χ2v) is 9.54. The van der Waals surface area contributed by atoms with Gasteiger partial charge >= 0.3 is 0 Å². The Morgan fingerprint density at radius 3 is 2.32 bits per heavy atom. The second kappa shape index (κ2) is 13.1. The van der Waals surface area contributed by atoms with Crippen molar-refractivity contribution in [3.8, 4) is 34.1 Å². The van der Waals surface area contributed by atoms with Crippen molar-refractivity contribution in [2.24, 2.45) is 0 Å². The molecule has 0 radical (unpaired) electrons. The van der Waals surface area contributed by atoms with Crippen LogP contribution in [0.1, 0.15) is 36.1 Å². The number of ether oxygens (including phenoxy) is 4. The van der Waals surface area contributed by atoms with Crippen molar-refractivity contribution in [1.29, 1.82) is 0 Å². The molecule has 216 valence electrons. The lowest BCUT2D eigenvalue weighted by atomic mass is 9.95. The van der Waals surface area contributed by atoms with Gasteiger partial charge in [-0.2, -0.15) is 0 Å². The SMILES string of the molecule is COc1ccccc1CNC(=O)CNc1ccc2c(cc1=O)C(NC(C)=O)CCc1cc(OC)c(OC)c(OC)c1-2. The van der Waals surface area contributed by atoms with Gasteiger partial charge in [0.2, 0.25) is 23.0 Å². The van der Waals surface area contributed by atoms with Gasteiger partial charge in [-0.1, -0.05) is 24.3 Å². The zero-order valence-electron chi connectivity index (χ0n) is 23.9. The molecule has 2 amide bonds. The second-order valence-electron chi connectivity index (χ2n) is 9.54. The number of carbonyl (C=O) groups is 2. The predicted molar refractivity (Wildman–Crippen MR) is 156 cm³/mol. The Kier molecular flexibility index (Phi) is 9.34. The van der Waals surface area contributed by atoms with Crippen LogP contribution in [0.2, 0.25) is 0 Å². The molecule has 1 aliphatic rings. The third kappa shape index (κ3) is 6.37. The number of aryl methyl sites for hydroxylation is 1. The minimum absolute atomic E-state index is 0.112. The molecule has 4 rings (SSSR count). The van der Waals surface area contributed by atoms with Crippen molar-refractivity contribution in [3.05, 3.63) is 75.4 Å². The molecule has 0 saturated heterocycles. The summed E-state index contributed by atoms with van der Waals surface area (Å²) in [6.45, 7) is 1.62. The molecule has 41 heavy (non-hydrogen) atoms. The number of hydrogen-bond acceptors (Lipinski definition) is 8. The van der Waals surface area contributed by atoms with Crippen LogP contribution >= 0.6 is 0 Å². The molecule has 10 heteroatoms. The molecule has 1 atom stereocenters. The number of para-hydroxylation sites is 1. The van der Waals surface area contributed by atoms with E-state index >= 15 is 0 Å². The van der Waals surface area contributed by atoms with Gasteiger partial charge in [0.05, 0.1) is 46.7 Å². The van der Waals surface area contributed by atoms with Gasteiger partial charge in [-0.25, -0.2) is 0 Å².